The number of nitrogens with zero attached hydrogens (tertiary/aromatic N) is 2. The van der Waals surface area contributed by atoms with Crippen LogP contribution >= 0.6 is 0 Å². The first-order valence-electron chi connectivity index (χ1n) is 8.02. The molecule has 1 aromatic heterocycles. The maximum Gasteiger partial charge on any atom is 0.255 e. The van der Waals surface area contributed by atoms with Crippen LogP contribution in [0, 0.1) is 0 Å². The first kappa shape index (κ1) is 15.2. The molecule has 1 N–H and O–H groups in total. The summed E-state index contributed by atoms with van der Waals surface area (Å²) in [5.41, 5.74) is 3.19. The SMILES string of the molecule is Cn1ccnc1-c1cccc(NC(=O)C2=Cc3ccccc3OC2)c1. The van der Waals surface area contributed by atoms with Gasteiger partial charge in [0.25, 0.3) is 5.91 Å². The maximum absolute atomic E-state index is 12.6. The smallest absolute Gasteiger partial charge is 0.255 e. The number of benzene rings is 2. The molecule has 2 heterocycles. The first-order chi connectivity index (χ1) is 12.2. The third kappa shape index (κ3) is 3.04. The van der Waals surface area contributed by atoms with Crippen LogP contribution < -0.4 is 10.1 Å². The number of amides is 1. The van der Waals surface area contributed by atoms with Crippen LogP contribution in [0.1, 0.15) is 5.56 Å². The Kier molecular flexibility index (Phi) is 3.82. The molecule has 1 aliphatic rings. The number of hydrogen-bond donors (Lipinski definition) is 1. The third-order valence-corrected chi connectivity index (χ3v) is 4.12. The summed E-state index contributed by atoms with van der Waals surface area (Å²) >= 11 is 0. The van der Waals surface area contributed by atoms with Crippen molar-refractivity contribution in [2.45, 2.75) is 0 Å². The van der Waals surface area contributed by atoms with Crippen molar-refractivity contribution in [2.24, 2.45) is 7.05 Å². The zero-order valence-corrected chi connectivity index (χ0v) is 13.8. The van der Waals surface area contributed by atoms with E-state index in [-0.39, 0.29) is 12.5 Å². The molecular weight excluding hydrogens is 314 g/mol. The van der Waals surface area contributed by atoms with E-state index < -0.39 is 0 Å². The van der Waals surface area contributed by atoms with E-state index in [9.17, 15) is 4.79 Å². The molecule has 0 radical (unpaired) electrons. The minimum absolute atomic E-state index is 0.161. The van der Waals surface area contributed by atoms with Gasteiger partial charge in [-0.1, -0.05) is 30.3 Å². The highest BCUT2D eigenvalue weighted by molar-refractivity contribution is 6.07. The highest BCUT2D eigenvalue weighted by atomic mass is 16.5. The maximum atomic E-state index is 12.6. The first-order valence-corrected chi connectivity index (χ1v) is 8.02. The van der Waals surface area contributed by atoms with Gasteiger partial charge in [0.05, 0.1) is 5.57 Å². The van der Waals surface area contributed by atoms with E-state index in [1.165, 1.54) is 0 Å². The minimum Gasteiger partial charge on any atom is -0.488 e. The molecule has 0 unspecified atom stereocenters. The van der Waals surface area contributed by atoms with Crippen LogP contribution in [0.5, 0.6) is 5.75 Å². The fourth-order valence-electron chi connectivity index (χ4n) is 2.84. The van der Waals surface area contributed by atoms with Gasteiger partial charge in [0.2, 0.25) is 0 Å². The Labute approximate surface area is 145 Å². The molecule has 0 spiro atoms. The Hall–Kier alpha value is -3.34. The Morgan fingerprint density at radius 3 is 2.92 bits per heavy atom. The number of anilines is 1. The monoisotopic (exact) mass is 331 g/mol. The molecule has 0 fully saturated rings. The van der Waals surface area contributed by atoms with Gasteiger partial charge in [0.1, 0.15) is 18.2 Å². The third-order valence-electron chi connectivity index (χ3n) is 4.12. The van der Waals surface area contributed by atoms with Gasteiger partial charge in [-0.05, 0) is 24.3 Å². The van der Waals surface area contributed by atoms with Gasteiger partial charge in [-0.25, -0.2) is 4.98 Å². The van der Waals surface area contributed by atoms with E-state index in [4.69, 9.17) is 4.74 Å². The number of nitrogens with one attached hydrogen (secondary N) is 1. The molecular formula is C20H17N3O2. The number of hydrogen-bond acceptors (Lipinski definition) is 3. The van der Waals surface area contributed by atoms with Crippen molar-refractivity contribution >= 4 is 17.7 Å². The van der Waals surface area contributed by atoms with Gasteiger partial charge >= 0.3 is 0 Å². The van der Waals surface area contributed by atoms with E-state index >= 15 is 0 Å². The van der Waals surface area contributed by atoms with Gasteiger partial charge in [-0.2, -0.15) is 0 Å². The number of para-hydroxylation sites is 1. The summed E-state index contributed by atoms with van der Waals surface area (Å²) in [6.45, 7) is 0.266. The fraction of sp³-hybridized carbons (Fsp3) is 0.100. The van der Waals surface area contributed by atoms with Crippen LogP contribution in [0.15, 0.2) is 66.5 Å². The number of fused-ring (bicyclic) bond motifs is 1. The number of ether oxygens (including phenoxy) is 1. The van der Waals surface area contributed by atoms with E-state index in [2.05, 4.69) is 10.3 Å². The fourth-order valence-corrected chi connectivity index (χ4v) is 2.84. The lowest BCUT2D eigenvalue weighted by Gasteiger charge is -2.17. The summed E-state index contributed by atoms with van der Waals surface area (Å²) < 4.78 is 7.59. The Bertz CT molecular complexity index is 972. The number of aromatic nitrogens is 2. The number of aryl methyl sites for hydroxylation is 1. The van der Waals surface area contributed by atoms with Crippen LogP contribution in [-0.2, 0) is 11.8 Å². The second kappa shape index (κ2) is 6.28. The second-order valence-corrected chi connectivity index (χ2v) is 5.89. The van der Waals surface area contributed by atoms with Gasteiger partial charge in [-0.15, -0.1) is 0 Å². The predicted molar refractivity (Wildman–Crippen MR) is 97.2 cm³/mol. The summed E-state index contributed by atoms with van der Waals surface area (Å²) in [5, 5.41) is 2.94. The topological polar surface area (TPSA) is 56.2 Å². The van der Waals surface area contributed by atoms with Crippen LogP contribution in [-0.4, -0.2) is 22.1 Å². The molecule has 4 rings (SSSR count). The second-order valence-electron chi connectivity index (χ2n) is 5.89. The molecule has 5 heteroatoms. The minimum atomic E-state index is -0.161. The summed E-state index contributed by atoms with van der Waals surface area (Å²) in [6, 6.07) is 15.3. The van der Waals surface area contributed by atoms with Crippen molar-refractivity contribution in [1.29, 1.82) is 0 Å². The molecule has 0 saturated heterocycles. The van der Waals surface area contributed by atoms with E-state index in [1.807, 2.05) is 72.4 Å². The molecule has 25 heavy (non-hydrogen) atoms. The van der Waals surface area contributed by atoms with Crippen LogP contribution in [0.2, 0.25) is 0 Å². The Balaban J connectivity index is 1.56. The summed E-state index contributed by atoms with van der Waals surface area (Å²) in [6.07, 6.45) is 5.52. The van der Waals surface area contributed by atoms with Crippen molar-refractivity contribution in [1.82, 2.24) is 9.55 Å². The lowest BCUT2D eigenvalue weighted by atomic mass is 10.1. The van der Waals surface area contributed by atoms with Crippen molar-refractivity contribution in [3.8, 4) is 17.1 Å². The van der Waals surface area contributed by atoms with Crippen LogP contribution in [0.4, 0.5) is 5.69 Å². The summed E-state index contributed by atoms with van der Waals surface area (Å²) in [4.78, 5) is 16.9. The molecule has 3 aromatic rings. The molecule has 2 aromatic carbocycles. The highest BCUT2D eigenvalue weighted by Crippen LogP contribution is 2.27. The van der Waals surface area contributed by atoms with Gasteiger partial charge in [0, 0.05) is 36.3 Å². The number of rotatable bonds is 3. The zero-order chi connectivity index (χ0) is 17.2. The van der Waals surface area contributed by atoms with Crippen molar-refractivity contribution in [3.63, 3.8) is 0 Å². The normalized spacial score (nSPS) is 12.8. The van der Waals surface area contributed by atoms with Crippen LogP contribution in [0.25, 0.3) is 17.5 Å². The van der Waals surface area contributed by atoms with Gasteiger partial charge in [0.15, 0.2) is 0 Å². The molecule has 1 aliphatic heterocycles. The average molecular weight is 331 g/mol. The predicted octanol–water partition coefficient (Wildman–Crippen LogP) is 3.50. The molecule has 5 nitrogen and oxygen atoms in total. The van der Waals surface area contributed by atoms with E-state index in [0.29, 0.717) is 5.57 Å². The molecule has 124 valence electrons. The van der Waals surface area contributed by atoms with E-state index in [0.717, 1.165) is 28.4 Å². The highest BCUT2D eigenvalue weighted by Gasteiger charge is 2.17. The molecule has 0 saturated carbocycles. The molecule has 1 amide bonds. The quantitative estimate of drug-likeness (QED) is 0.799. The van der Waals surface area contributed by atoms with Crippen molar-refractivity contribution in [3.05, 3.63) is 72.1 Å². The summed E-state index contributed by atoms with van der Waals surface area (Å²) in [5.74, 6) is 1.49. The number of carbonyl (C=O) groups is 1. The molecule has 0 bridgehead atoms. The number of imidazole rings is 1. The lowest BCUT2D eigenvalue weighted by Crippen LogP contribution is -2.21. The average Bonchev–Trinajstić information content (AvgIpc) is 3.07. The Morgan fingerprint density at radius 1 is 1.20 bits per heavy atom. The Morgan fingerprint density at radius 2 is 2.08 bits per heavy atom. The standard InChI is InChI=1S/C20H17N3O2/c1-23-10-9-21-19(23)15-6-4-7-17(12-15)22-20(24)16-11-14-5-2-3-8-18(14)25-13-16/h2-12H,13H2,1H3,(H,22,24). The molecule has 0 atom stereocenters. The van der Waals surface area contributed by atoms with E-state index in [1.54, 1.807) is 6.20 Å². The summed E-state index contributed by atoms with van der Waals surface area (Å²) in [7, 11) is 1.94. The largest absolute Gasteiger partial charge is 0.488 e. The zero-order valence-electron chi connectivity index (χ0n) is 13.8. The van der Waals surface area contributed by atoms with Crippen molar-refractivity contribution < 1.29 is 9.53 Å². The van der Waals surface area contributed by atoms with Gasteiger partial charge < -0.3 is 14.6 Å². The van der Waals surface area contributed by atoms with Crippen LogP contribution in [0.3, 0.4) is 0 Å². The van der Waals surface area contributed by atoms with Gasteiger partial charge in [-0.3, -0.25) is 4.79 Å². The molecule has 0 aliphatic carbocycles. The van der Waals surface area contributed by atoms with Crippen molar-refractivity contribution in [2.75, 3.05) is 11.9 Å². The lowest BCUT2D eigenvalue weighted by molar-refractivity contribution is -0.113. The number of carbonyl (C=O) groups excluding carboxylic acids is 1.